The molecule has 0 unspecified atom stereocenters. The van der Waals surface area contributed by atoms with E-state index in [9.17, 15) is 4.79 Å². The van der Waals surface area contributed by atoms with E-state index in [0.29, 0.717) is 12.0 Å². The number of rotatable bonds is 4. The van der Waals surface area contributed by atoms with Crippen molar-refractivity contribution in [2.24, 2.45) is 0 Å². The van der Waals surface area contributed by atoms with Crippen molar-refractivity contribution in [3.05, 3.63) is 71.6 Å². The average Bonchev–Trinajstić information content (AvgIpc) is 3.36. The molecule has 1 amide bonds. The molecule has 4 rings (SSSR count). The molecule has 1 fully saturated rings. The molecule has 3 aromatic rings. The Labute approximate surface area is 173 Å². The molecule has 0 saturated carbocycles. The van der Waals surface area contributed by atoms with Gasteiger partial charge >= 0.3 is 0 Å². The highest BCUT2D eigenvalue weighted by molar-refractivity contribution is 5.96. The summed E-state index contributed by atoms with van der Waals surface area (Å²) in [6.45, 7) is 10.1. The van der Waals surface area contributed by atoms with Crippen LogP contribution in [0.5, 0.6) is 0 Å². The molecule has 1 aliphatic heterocycles. The number of amides is 1. The lowest BCUT2D eigenvalue weighted by Crippen LogP contribution is -2.39. The number of hydrogen-bond donors (Lipinski definition) is 0. The molecule has 0 aliphatic carbocycles. The second kappa shape index (κ2) is 7.90. The second-order valence-corrected chi connectivity index (χ2v) is 8.40. The number of likely N-dealkylation sites (tertiary alicyclic amines) is 1. The van der Waals surface area contributed by atoms with Crippen molar-refractivity contribution in [2.75, 3.05) is 13.1 Å². The minimum Gasteiger partial charge on any atom is -0.338 e. The molecule has 152 valence electrons. The van der Waals surface area contributed by atoms with Gasteiger partial charge in [0.2, 0.25) is 0 Å². The molecule has 0 bridgehead atoms. The number of piperidine rings is 1. The molecule has 1 aromatic carbocycles. The lowest BCUT2D eigenvalue weighted by atomic mass is 10.0. The largest absolute Gasteiger partial charge is 0.338 e. The van der Waals surface area contributed by atoms with E-state index in [4.69, 9.17) is 0 Å². The first-order chi connectivity index (χ1) is 14.0. The Bertz CT molecular complexity index is 992. The smallest absolute Gasteiger partial charge is 0.255 e. The third-order valence-electron chi connectivity index (χ3n) is 6.15. The van der Waals surface area contributed by atoms with Gasteiger partial charge in [0.1, 0.15) is 0 Å². The van der Waals surface area contributed by atoms with Crippen LogP contribution in [0.25, 0.3) is 5.69 Å². The summed E-state index contributed by atoms with van der Waals surface area (Å²) in [6, 6.07) is 11.1. The molecular formula is C24H30N4O. The number of imidazole rings is 1. The quantitative estimate of drug-likeness (QED) is 0.636. The first-order valence-electron chi connectivity index (χ1n) is 10.5. The summed E-state index contributed by atoms with van der Waals surface area (Å²) in [6.07, 6.45) is 7.65. The van der Waals surface area contributed by atoms with Crippen molar-refractivity contribution in [3.8, 4) is 5.69 Å². The van der Waals surface area contributed by atoms with Crippen LogP contribution in [0.3, 0.4) is 0 Å². The van der Waals surface area contributed by atoms with Gasteiger partial charge < -0.3 is 14.0 Å². The normalized spacial score (nSPS) is 15.3. The molecule has 1 aliphatic rings. The molecule has 2 aromatic heterocycles. The molecule has 5 heteroatoms. The van der Waals surface area contributed by atoms with Crippen LogP contribution in [0.1, 0.15) is 66.0 Å². The second-order valence-electron chi connectivity index (χ2n) is 8.40. The average molecular weight is 391 g/mol. The van der Waals surface area contributed by atoms with E-state index in [2.05, 4.69) is 66.1 Å². The summed E-state index contributed by atoms with van der Waals surface area (Å²) in [5, 5.41) is 0. The van der Waals surface area contributed by atoms with Crippen LogP contribution < -0.4 is 0 Å². The van der Waals surface area contributed by atoms with Crippen LogP contribution >= 0.6 is 0 Å². The van der Waals surface area contributed by atoms with E-state index in [1.54, 1.807) is 0 Å². The van der Waals surface area contributed by atoms with Crippen molar-refractivity contribution in [1.82, 2.24) is 19.0 Å². The van der Waals surface area contributed by atoms with Gasteiger partial charge in [-0.2, -0.15) is 0 Å². The Balaban J connectivity index is 1.55. The van der Waals surface area contributed by atoms with Crippen molar-refractivity contribution < 1.29 is 4.79 Å². The molecule has 1 saturated heterocycles. The van der Waals surface area contributed by atoms with E-state index >= 15 is 0 Å². The van der Waals surface area contributed by atoms with Gasteiger partial charge in [-0.3, -0.25) is 4.79 Å². The van der Waals surface area contributed by atoms with E-state index < -0.39 is 0 Å². The molecule has 5 nitrogen and oxygen atoms in total. The van der Waals surface area contributed by atoms with E-state index in [1.807, 2.05) is 29.7 Å². The number of carbonyl (C=O) groups is 1. The maximum Gasteiger partial charge on any atom is 0.255 e. The zero-order valence-corrected chi connectivity index (χ0v) is 17.8. The maximum absolute atomic E-state index is 13.3. The maximum atomic E-state index is 13.3. The molecular weight excluding hydrogens is 360 g/mol. The van der Waals surface area contributed by atoms with Crippen LogP contribution in [-0.2, 0) is 0 Å². The fraction of sp³-hybridized carbons (Fsp3) is 0.417. The molecule has 3 heterocycles. The number of aryl methyl sites for hydroxylation is 1. The predicted octanol–water partition coefficient (Wildman–Crippen LogP) is 4.89. The van der Waals surface area contributed by atoms with Gasteiger partial charge in [-0.15, -0.1) is 0 Å². The summed E-state index contributed by atoms with van der Waals surface area (Å²) < 4.78 is 4.37. The van der Waals surface area contributed by atoms with Crippen LogP contribution in [0.4, 0.5) is 0 Å². The van der Waals surface area contributed by atoms with Gasteiger partial charge in [0, 0.05) is 48.6 Å². The zero-order valence-electron chi connectivity index (χ0n) is 17.8. The van der Waals surface area contributed by atoms with Gasteiger partial charge in [0.25, 0.3) is 5.91 Å². The lowest BCUT2D eigenvalue weighted by molar-refractivity contribution is 0.0694. The SMILES string of the molecule is Cc1cc(C(=O)N2CCC(n3ccnc3)CC2)c(C)n1-c1cccc(C(C)C)c1. The Morgan fingerprint density at radius 3 is 2.55 bits per heavy atom. The Kier molecular flexibility index (Phi) is 5.31. The third-order valence-corrected chi connectivity index (χ3v) is 6.15. The van der Waals surface area contributed by atoms with Crippen LogP contribution in [0, 0.1) is 13.8 Å². The summed E-state index contributed by atoms with van der Waals surface area (Å²) in [5.41, 5.74) is 5.37. The summed E-state index contributed by atoms with van der Waals surface area (Å²) in [5.74, 6) is 0.623. The van der Waals surface area contributed by atoms with Crippen molar-refractivity contribution >= 4 is 5.91 Å². The van der Waals surface area contributed by atoms with Gasteiger partial charge in [0.05, 0.1) is 11.9 Å². The Hall–Kier alpha value is -2.82. The number of aromatic nitrogens is 3. The molecule has 0 atom stereocenters. The van der Waals surface area contributed by atoms with Crippen LogP contribution in [0.2, 0.25) is 0 Å². The molecule has 0 spiro atoms. The molecule has 0 N–H and O–H groups in total. The first-order valence-corrected chi connectivity index (χ1v) is 10.5. The Morgan fingerprint density at radius 1 is 1.14 bits per heavy atom. The van der Waals surface area contributed by atoms with Crippen molar-refractivity contribution in [3.63, 3.8) is 0 Å². The van der Waals surface area contributed by atoms with E-state index in [-0.39, 0.29) is 5.91 Å². The number of benzene rings is 1. The summed E-state index contributed by atoms with van der Waals surface area (Å²) >= 11 is 0. The van der Waals surface area contributed by atoms with E-state index in [1.165, 1.54) is 5.56 Å². The summed E-state index contributed by atoms with van der Waals surface area (Å²) in [7, 11) is 0. The number of hydrogen-bond acceptors (Lipinski definition) is 2. The van der Waals surface area contributed by atoms with E-state index in [0.717, 1.165) is 48.6 Å². The van der Waals surface area contributed by atoms with Crippen LogP contribution in [-0.4, -0.2) is 38.0 Å². The summed E-state index contributed by atoms with van der Waals surface area (Å²) in [4.78, 5) is 19.4. The lowest BCUT2D eigenvalue weighted by Gasteiger charge is -2.32. The molecule has 29 heavy (non-hydrogen) atoms. The third kappa shape index (κ3) is 3.74. The fourth-order valence-corrected chi connectivity index (χ4v) is 4.42. The van der Waals surface area contributed by atoms with Gasteiger partial charge in [-0.1, -0.05) is 26.0 Å². The minimum atomic E-state index is 0.147. The highest BCUT2D eigenvalue weighted by Crippen LogP contribution is 2.27. The topological polar surface area (TPSA) is 43.1 Å². The number of carbonyl (C=O) groups excluding carboxylic acids is 1. The van der Waals surface area contributed by atoms with Crippen molar-refractivity contribution in [2.45, 2.75) is 52.5 Å². The highest BCUT2D eigenvalue weighted by atomic mass is 16.2. The van der Waals surface area contributed by atoms with Crippen LogP contribution in [0.15, 0.2) is 49.1 Å². The number of nitrogens with zero attached hydrogens (tertiary/aromatic N) is 4. The zero-order chi connectivity index (χ0) is 20.5. The monoisotopic (exact) mass is 390 g/mol. The van der Waals surface area contributed by atoms with Gasteiger partial charge in [-0.05, 0) is 56.4 Å². The van der Waals surface area contributed by atoms with Crippen molar-refractivity contribution in [1.29, 1.82) is 0 Å². The van der Waals surface area contributed by atoms with Gasteiger partial charge in [-0.25, -0.2) is 4.98 Å². The predicted molar refractivity (Wildman–Crippen MR) is 116 cm³/mol. The minimum absolute atomic E-state index is 0.147. The van der Waals surface area contributed by atoms with Gasteiger partial charge in [0.15, 0.2) is 0 Å². The Morgan fingerprint density at radius 2 is 1.90 bits per heavy atom. The fourth-order valence-electron chi connectivity index (χ4n) is 4.42. The molecule has 0 radical (unpaired) electrons. The standard InChI is InChI=1S/C24H30N4O/c1-17(2)20-6-5-7-22(15-20)28-18(3)14-23(19(28)4)24(29)26-11-8-21(9-12-26)27-13-10-25-16-27/h5-7,10,13-17,21H,8-9,11-12H2,1-4H3. The highest BCUT2D eigenvalue weighted by Gasteiger charge is 2.27. The first kappa shape index (κ1) is 19.5.